The summed E-state index contributed by atoms with van der Waals surface area (Å²) in [5.41, 5.74) is 1.02. The van der Waals surface area contributed by atoms with Crippen molar-refractivity contribution in [1.29, 1.82) is 0 Å². The molecule has 0 aromatic heterocycles. The zero-order chi connectivity index (χ0) is 32.2. The van der Waals surface area contributed by atoms with Crippen LogP contribution in [0.5, 0.6) is 0 Å². The minimum absolute atomic E-state index is 0.208. The molecule has 0 saturated carbocycles. The number of ether oxygens (including phenoxy) is 1. The Morgan fingerprint density at radius 1 is 0.795 bits per heavy atom. The van der Waals surface area contributed by atoms with Gasteiger partial charge >= 0.3 is 5.97 Å². The number of esters is 1. The number of amides is 3. The molecule has 0 aliphatic heterocycles. The summed E-state index contributed by atoms with van der Waals surface area (Å²) in [4.78, 5) is 62.7. The molecule has 0 fully saturated rings. The number of rotatable bonds is 15. The van der Waals surface area contributed by atoms with Crippen molar-refractivity contribution in [2.75, 3.05) is 13.7 Å². The van der Waals surface area contributed by atoms with Crippen molar-refractivity contribution in [2.24, 2.45) is 0 Å². The van der Waals surface area contributed by atoms with Gasteiger partial charge in [-0.1, -0.05) is 105 Å². The van der Waals surface area contributed by atoms with E-state index in [2.05, 4.69) is 16.0 Å². The number of aryl methyl sites for hydroxylation is 1. The molecule has 10 heteroatoms. The lowest BCUT2D eigenvalue weighted by molar-refractivity contribution is -0.145. The van der Waals surface area contributed by atoms with Crippen LogP contribution in [0.15, 0.2) is 91.0 Å². The Labute approximate surface area is 260 Å². The Morgan fingerprint density at radius 2 is 1.32 bits per heavy atom. The summed E-state index contributed by atoms with van der Waals surface area (Å²) in [7, 11) is -2.08. The number of methoxy groups -OCH3 is 1. The largest absolute Gasteiger partial charge is 0.467 e. The first kappa shape index (κ1) is 34.2. The highest BCUT2D eigenvalue weighted by molar-refractivity contribution is 6.98. The topological polar surface area (TPSA) is 134 Å². The number of hydrogen-bond acceptors (Lipinski definition) is 6. The number of nitrogens with one attached hydrogen (secondary N) is 3. The Balaban J connectivity index is 1.67. The van der Waals surface area contributed by atoms with Gasteiger partial charge in [0.05, 0.1) is 13.7 Å². The fourth-order valence-electron chi connectivity index (χ4n) is 5.39. The zero-order valence-corrected chi connectivity index (χ0v) is 26.8. The van der Waals surface area contributed by atoms with Gasteiger partial charge in [0.1, 0.15) is 12.1 Å². The summed E-state index contributed by atoms with van der Waals surface area (Å²) in [6.07, 6.45) is 1.52. The van der Waals surface area contributed by atoms with Crippen molar-refractivity contribution >= 4 is 42.4 Å². The molecule has 0 bridgehead atoms. The molecule has 0 aliphatic rings. The highest BCUT2D eigenvalue weighted by atomic mass is 28.4. The average molecular weight is 618 g/mol. The van der Waals surface area contributed by atoms with Crippen LogP contribution in [-0.4, -0.2) is 62.5 Å². The molecule has 3 rings (SSSR count). The molecule has 0 heterocycles. The predicted molar refractivity (Wildman–Crippen MR) is 173 cm³/mol. The molecule has 4 N–H and O–H groups in total. The molecule has 9 nitrogen and oxygen atoms in total. The van der Waals surface area contributed by atoms with E-state index in [1.807, 2.05) is 105 Å². The van der Waals surface area contributed by atoms with Crippen molar-refractivity contribution < 1.29 is 28.7 Å². The monoisotopic (exact) mass is 617 g/mol. The number of benzene rings is 3. The Hall–Kier alpha value is -4.28. The molecule has 44 heavy (non-hydrogen) atoms. The van der Waals surface area contributed by atoms with Gasteiger partial charge in [-0.15, -0.1) is 0 Å². The van der Waals surface area contributed by atoms with E-state index in [4.69, 9.17) is 4.74 Å². The summed E-state index contributed by atoms with van der Waals surface area (Å²) in [6.45, 7) is 4.90. The van der Waals surface area contributed by atoms with Gasteiger partial charge < -0.3 is 25.5 Å². The van der Waals surface area contributed by atoms with Gasteiger partial charge in [0.2, 0.25) is 17.7 Å². The molecule has 3 aromatic rings. The van der Waals surface area contributed by atoms with E-state index < -0.39 is 43.2 Å². The molecule has 0 aliphatic carbocycles. The van der Waals surface area contributed by atoms with Crippen LogP contribution >= 0.6 is 0 Å². The Kier molecular flexibility index (Phi) is 12.4. The second kappa shape index (κ2) is 16.0. The predicted octanol–water partition coefficient (Wildman–Crippen LogP) is 2.21. The van der Waals surface area contributed by atoms with Gasteiger partial charge in [0, 0.05) is 6.92 Å². The summed E-state index contributed by atoms with van der Waals surface area (Å²) in [6, 6.07) is 26.9. The number of hydrogen-bond donors (Lipinski definition) is 4. The van der Waals surface area contributed by atoms with Gasteiger partial charge in [-0.05, 0) is 46.7 Å². The average Bonchev–Trinajstić information content (AvgIpc) is 3.04. The van der Waals surface area contributed by atoms with E-state index in [9.17, 15) is 24.0 Å². The first-order valence-electron chi connectivity index (χ1n) is 14.8. The van der Waals surface area contributed by atoms with Crippen molar-refractivity contribution in [1.82, 2.24) is 16.0 Å². The lowest BCUT2D eigenvalue weighted by Gasteiger charge is -2.41. The molecule has 3 amide bonds. The highest BCUT2D eigenvalue weighted by Gasteiger charge is 2.50. The quantitative estimate of drug-likeness (QED) is 0.153. The van der Waals surface area contributed by atoms with E-state index in [0.717, 1.165) is 15.9 Å². The van der Waals surface area contributed by atoms with E-state index in [1.54, 1.807) is 0 Å². The molecular formula is C34H43N3O6Si. The second-order valence-corrected chi connectivity index (χ2v) is 15.4. The zero-order valence-electron chi connectivity index (χ0n) is 25.8. The Morgan fingerprint density at radius 3 is 1.82 bits per heavy atom. The van der Waals surface area contributed by atoms with Gasteiger partial charge in [-0.25, -0.2) is 4.79 Å². The van der Waals surface area contributed by atoms with Crippen LogP contribution in [0.25, 0.3) is 0 Å². The number of carbonyl (C=O) groups excluding carboxylic acids is 4. The lowest BCUT2D eigenvalue weighted by atomic mass is 10.0. The van der Waals surface area contributed by atoms with Crippen LogP contribution in [0.3, 0.4) is 0 Å². The van der Waals surface area contributed by atoms with Crippen LogP contribution in [-0.2, 0) is 30.3 Å². The van der Waals surface area contributed by atoms with E-state index in [1.165, 1.54) is 14.0 Å². The van der Waals surface area contributed by atoms with Crippen LogP contribution in [0, 0.1) is 0 Å². The van der Waals surface area contributed by atoms with Gasteiger partial charge in [0.25, 0.3) is 8.32 Å². The SMILES string of the molecule is COC(=O)[C@H](CCC(C)(C)[Si](O)(c1ccccc1)c1ccccc1)NC(=O)CNC(=O)[C@H](CCc1ccccc1)NC(C)=O. The van der Waals surface area contributed by atoms with Crippen molar-refractivity contribution in [3.8, 4) is 0 Å². The van der Waals surface area contributed by atoms with Crippen LogP contribution in [0.4, 0.5) is 0 Å². The molecule has 234 valence electrons. The molecule has 0 saturated heterocycles. The molecule has 0 spiro atoms. The fourth-order valence-corrected chi connectivity index (χ4v) is 9.14. The normalized spacial score (nSPS) is 12.8. The standard InChI is InChI=1S/C34H43N3O6Si/c1-25(38)36-29(21-20-26-14-8-5-9-15-26)32(40)35-24-31(39)37-30(33(41)43-4)22-23-34(2,3)44(42,27-16-10-6-11-17-27)28-18-12-7-13-19-28/h5-19,29-30,42H,20-24H2,1-4H3,(H,35,40)(H,36,38)(H,37,39)/t29-,30-/m0/s1. The van der Waals surface area contributed by atoms with Gasteiger partial charge in [-0.2, -0.15) is 0 Å². The van der Waals surface area contributed by atoms with E-state index >= 15 is 0 Å². The first-order chi connectivity index (χ1) is 21.0. The summed E-state index contributed by atoms with van der Waals surface area (Å²) >= 11 is 0. The smallest absolute Gasteiger partial charge is 0.328 e. The lowest BCUT2D eigenvalue weighted by Crippen LogP contribution is -2.65. The van der Waals surface area contributed by atoms with Crippen LogP contribution in [0.1, 0.15) is 45.6 Å². The van der Waals surface area contributed by atoms with E-state index in [-0.39, 0.29) is 18.9 Å². The van der Waals surface area contributed by atoms with Crippen LogP contribution in [0.2, 0.25) is 5.04 Å². The highest BCUT2D eigenvalue weighted by Crippen LogP contribution is 2.40. The van der Waals surface area contributed by atoms with Gasteiger partial charge in [-0.3, -0.25) is 14.4 Å². The third-order valence-electron chi connectivity index (χ3n) is 7.92. The maximum Gasteiger partial charge on any atom is 0.328 e. The van der Waals surface area contributed by atoms with Crippen molar-refractivity contribution in [3.63, 3.8) is 0 Å². The minimum atomic E-state index is -3.33. The van der Waals surface area contributed by atoms with Crippen LogP contribution < -0.4 is 26.3 Å². The molecular weight excluding hydrogens is 574 g/mol. The second-order valence-electron chi connectivity index (χ2n) is 11.5. The molecule has 2 atom stereocenters. The Bertz CT molecular complexity index is 1350. The summed E-state index contributed by atoms with van der Waals surface area (Å²) in [5.74, 6) is -2.05. The molecule has 0 unspecified atom stereocenters. The first-order valence-corrected chi connectivity index (χ1v) is 16.7. The molecule has 3 aromatic carbocycles. The third kappa shape index (κ3) is 9.11. The summed E-state index contributed by atoms with van der Waals surface area (Å²) in [5, 5.41) is 8.94. The van der Waals surface area contributed by atoms with Gasteiger partial charge in [0.15, 0.2) is 0 Å². The maximum atomic E-state index is 12.9. The third-order valence-corrected chi connectivity index (χ3v) is 12.5. The summed E-state index contributed by atoms with van der Waals surface area (Å²) < 4.78 is 4.98. The van der Waals surface area contributed by atoms with Crippen molar-refractivity contribution in [2.45, 2.75) is 63.6 Å². The maximum absolute atomic E-state index is 12.9. The number of carbonyl (C=O) groups is 4. The fraction of sp³-hybridized carbons (Fsp3) is 0.353. The minimum Gasteiger partial charge on any atom is -0.467 e. The van der Waals surface area contributed by atoms with Crippen molar-refractivity contribution in [3.05, 3.63) is 96.6 Å². The van der Waals surface area contributed by atoms with E-state index in [0.29, 0.717) is 19.3 Å². The molecule has 0 radical (unpaired) electrons.